The standard InChI is InChI=1S/C10H9ClF3NO2/c1-5(9(16)17)15-6-2-3-7(8(11)4-6)10(12,13)14/h2-5,15H,1H3,(H,16,17). The highest BCUT2D eigenvalue weighted by Gasteiger charge is 2.33. The highest BCUT2D eigenvalue weighted by Crippen LogP contribution is 2.35. The SMILES string of the molecule is CC(Nc1ccc(C(F)(F)F)c(Cl)c1)C(=O)O. The molecule has 1 rings (SSSR count). The lowest BCUT2D eigenvalue weighted by molar-refractivity contribution is -0.138. The molecule has 0 saturated heterocycles. The molecule has 0 saturated carbocycles. The summed E-state index contributed by atoms with van der Waals surface area (Å²) < 4.78 is 37.1. The molecule has 0 aliphatic heterocycles. The molecule has 0 radical (unpaired) electrons. The number of anilines is 1. The second-order valence-electron chi connectivity index (χ2n) is 3.40. The molecule has 0 bridgehead atoms. The Kier molecular flexibility index (Phi) is 3.87. The molecule has 1 aromatic rings. The van der Waals surface area contributed by atoms with Crippen molar-refractivity contribution < 1.29 is 23.1 Å². The molecule has 1 unspecified atom stereocenters. The van der Waals surface area contributed by atoms with Gasteiger partial charge in [0.15, 0.2) is 0 Å². The first-order valence-electron chi connectivity index (χ1n) is 4.58. The van der Waals surface area contributed by atoms with Crippen LogP contribution in [0.15, 0.2) is 18.2 Å². The fourth-order valence-corrected chi connectivity index (χ4v) is 1.43. The number of hydrogen-bond donors (Lipinski definition) is 2. The molecule has 1 aromatic carbocycles. The van der Waals surface area contributed by atoms with Crippen LogP contribution >= 0.6 is 11.6 Å². The van der Waals surface area contributed by atoms with Crippen molar-refractivity contribution in [1.82, 2.24) is 0 Å². The molecule has 0 fully saturated rings. The summed E-state index contributed by atoms with van der Waals surface area (Å²) in [5.41, 5.74) is -0.731. The van der Waals surface area contributed by atoms with Gasteiger partial charge in [0, 0.05) is 5.69 Å². The Hall–Kier alpha value is -1.43. The van der Waals surface area contributed by atoms with Gasteiger partial charge in [0.2, 0.25) is 0 Å². The van der Waals surface area contributed by atoms with Crippen molar-refractivity contribution in [3.8, 4) is 0 Å². The van der Waals surface area contributed by atoms with Crippen molar-refractivity contribution in [1.29, 1.82) is 0 Å². The van der Waals surface area contributed by atoms with E-state index in [0.29, 0.717) is 0 Å². The maximum absolute atomic E-state index is 12.4. The Bertz CT molecular complexity index is 434. The van der Waals surface area contributed by atoms with E-state index in [1.165, 1.54) is 6.92 Å². The predicted octanol–water partition coefficient (Wildman–Crippen LogP) is 3.24. The molecule has 3 nitrogen and oxygen atoms in total. The molecule has 94 valence electrons. The summed E-state index contributed by atoms with van der Waals surface area (Å²) in [6, 6.07) is 2.07. The lowest BCUT2D eigenvalue weighted by atomic mass is 10.2. The number of hydrogen-bond acceptors (Lipinski definition) is 2. The fraction of sp³-hybridized carbons (Fsp3) is 0.300. The predicted molar refractivity (Wildman–Crippen MR) is 57.2 cm³/mol. The lowest BCUT2D eigenvalue weighted by Gasteiger charge is -2.13. The van der Waals surface area contributed by atoms with E-state index in [4.69, 9.17) is 16.7 Å². The average molecular weight is 268 g/mol. The molecule has 7 heteroatoms. The molecule has 0 spiro atoms. The molecule has 0 heterocycles. The largest absolute Gasteiger partial charge is 0.480 e. The van der Waals surface area contributed by atoms with Crippen LogP contribution in [-0.2, 0) is 11.0 Å². The second kappa shape index (κ2) is 4.83. The van der Waals surface area contributed by atoms with Gasteiger partial charge in [-0.2, -0.15) is 13.2 Å². The minimum Gasteiger partial charge on any atom is -0.480 e. The number of carbonyl (C=O) groups is 1. The van der Waals surface area contributed by atoms with E-state index in [1.807, 2.05) is 0 Å². The first-order chi connectivity index (χ1) is 7.71. The third-order valence-electron chi connectivity index (χ3n) is 2.03. The van der Waals surface area contributed by atoms with E-state index in [1.54, 1.807) is 0 Å². The number of halogens is 4. The maximum Gasteiger partial charge on any atom is 0.417 e. The van der Waals surface area contributed by atoms with Crippen LogP contribution in [0.3, 0.4) is 0 Å². The third kappa shape index (κ3) is 3.52. The van der Waals surface area contributed by atoms with E-state index in [2.05, 4.69) is 5.32 Å². The molecular weight excluding hydrogens is 259 g/mol. The van der Waals surface area contributed by atoms with Gasteiger partial charge in [-0.1, -0.05) is 11.6 Å². The van der Waals surface area contributed by atoms with Gasteiger partial charge in [-0.25, -0.2) is 0 Å². The van der Waals surface area contributed by atoms with Gasteiger partial charge in [0.05, 0.1) is 10.6 Å². The Labute approximate surface area is 100 Å². The monoisotopic (exact) mass is 267 g/mol. The van der Waals surface area contributed by atoms with Gasteiger partial charge in [-0.15, -0.1) is 0 Å². The van der Waals surface area contributed by atoms with Gasteiger partial charge in [-0.3, -0.25) is 4.79 Å². The summed E-state index contributed by atoms with van der Waals surface area (Å²) in [6.45, 7) is 1.37. The van der Waals surface area contributed by atoms with Crippen LogP contribution in [0.2, 0.25) is 5.02 Å². The fourth-order valence-electron chi connectivity index (χ4n) is 1.15. The first-order valence-corrected chi connectivity index (χ1v) is 4.95. The molecule has 0 aliphatic carbocycles. The number of carboxylic acids is 1. The summed E-state index contributed by atoms with van der Waals surface area (Å²) in [5.74, 6) is -1.11. The number of rotatable bonds is 3. The zero-order chi connectivity index (χ0) is 13.2. The molecule has 17 heavy (non-hydrogen) atoms. The highest BCUT2D eigenvalue weighted by atomic mass is 35.5. The smallest absolute Gasteiger partial charge is 0.417 e. The maximum atomic E-state index is 12.4. The van der Waals surface area contributed by atoms with E-state index < -0.39 is 28.8 Å². The topological polar surface area (TPSA) is 49.3 Å². The van der Waals surface area contributed by atoms with Gasteiger partial charge in [0.1, 0.15) is 6.04 Å². The van der Waals surface area contributed by atoms with Crippen molar-refractivity contribution in [3.63, 3.8) is 0 Å². The summed E-state index contributed by atoms with van der Waals surface area (Å²) in [4.78, 5) is 10.5. The van der Waals surface area contributed by atoms with Crippen molar-refractivity contribution in [2.24, 2.45) is 0 Å². The second-order valence-corrected chi connectivity index (χ2v) is 3.80. The number of carboxylic acid groups (broad SMARTS) is 1. The molecule has 2 N–H and O–H groups in total. The number of aliphatic carboxylic acids is 1. The Morgan fingerprint density at radius 3 is 2.47 bits per heavy atom. The van der Waals surface area contributed by atoms with Crippen molar-refractivity contribution >= 4 is 23.3 Å². The van der Waals surface area contributed by atoms with Gasteiger partial charge < -0.3 is 10.4 Å². The Morgan fingerprint density at radius 2 is 2.06 bits per heavy atom. The normalized spacial score (nSPS) is 13.2. The van der Waals surface area contributed by atoms with E-state index >= 15 is 0 Å². The van der Waals surface area contributed by atoms with Crippen LogP contribution in [-0.4, -0.2) is 17.1 Å². The average Bonchev–Trinajstić information content (AvgIpc) is 2.15. The number of alkyl halides is 3. The molecule has 0 aromatic heterocycles. The van der Waals surface area contributed by atoms with Crippen molar-refractivity contribution in [3.05, 3.63) is 28.8 Å². The summed E-state index contributed by atoms with van der Waals surface area (Å²) >= 11 is 5.47. The van der Waals surface area contributed by atoms with E-state index in [-0.39, 0.29) is 5.69 Å². The molecule has 0 amide bonds. The summed E-state index contributed by atoms with van der Waals surface area (Å²) in [7, 11) is 0. The Balaban J connectivity index is 2.94. The van der Waals surface area contributed by atoms with Crippen molar-refractivity contribution in [2.45, 2.75) is 19.1 Å². The Morgan fingerprint density at radius 1 is 1.47 bits per heavy atom. The summed E-state index contributed by atoms with van der Waals surface area (Å²) in [6.07, 6.45) is -4.52. The van der Waals surface area contributed by atoms with Crippen LogP contribution in [0.25, 0.3) is 0 Å². The van der Waals surface area contributed by atoms with E-state index in [0.717, 1.165) is 18.2 Å². The van der Waals surface area contributed by atoms with Crippen LogP contribution in [0.1, 0.15) is 12.5 Å². The van der Waals surface area contributed by atoms with Gasteiger partial charge in [0.25, 0.3) is 0 Å². The minimum absolute atomic E-state index is 0.220. The third-order valence-corrected chi connectivity index (χ3v) is 2.34. The van der Waals surface area contributed by atoms with E-state index in [9.17, 15) is 18.0 Å². The molecule has 0 aliphatic rings. The van der Waals surface area contributed by atoms with Gasteiger partial charge in [-0.05, 0) is 25.1 Å². The van der Waals surface area contributed by atoms with Crippen LogP contribution in [0.5, 0.6) is 0 Å². The zero-order valence-corrected chi connectivity index (χ0v) is 9.43. The zero-order valence-electron chi connectivity index (χ0n) is 8.68. The van der Waals surface area contributed by atoms with Crippen LogP contribution in [0.4, 0.5) is 18.9 Å². The molecule has 1 atom stereocenters. The van der Waals surface area contributed by atoms with Crippen molar-refractivity contribution in [2.75, 3.05) is 5.32 Å². The first kappa shape index (κ1) is 13.6. The van der Waals surface area contributed by atoms with Gasteiger partial charge >= 0.3 is 12.1 Å². The lowest BCUT2D eigenvalue weighted by Crippen LogP contribution is -2.25. The van der Waals surface area contributed by atoms with Crippen LogP contribution in [0, 0.1) is 0 Å². The number of nitrogens with one attached hydrogen (secondary N) is 1. The highest BCUT2D eigenvalue weighted by molar-refractivity contribution is 6.31. The van der Waals surface area contributed by atoms with Crippen LogP contribution < -0.4 is 5.32 Å². The number of benzene rings is 1. The quantitative estimate of drug-likeness (QED) is 0.884. The summed E-state index contributed by atoms with van der Waals surface area (Å²) in [5, 5.41) is 10.7. The molecular formula is C10H9ClF3NO2. The minimum atomic E-state index is -4.52.